The van der Waals surface area contributed by atoms with Crippen LogP contribution in [0.15, 0.2) is 50.4 Å². The molecule has 5 nitrogen and oxygen atoms in total. The van der Waals surface area contributed by atoms with E-state index in [1.807, 2.05) is 32.0 Å². The van der Waals surface area contributed by atoms with E-state index in [-0.39, 0.29) is 11.9 Å². The molecule has 0 unspecified atom stereocenters. The lowest BCUT2D eigenvalue weighted by Gasteiger charge is -2.13. The van der Waals surface area contributed by atoms with E-state index in [0.29, 0.717) is 16.4 Å². The fourth-order valence-electron chi connectivity index (χ4n) is 2.40. The Kier molecular flexibility index (Phi) is 7.00. The molecule has 0 bridgehead atoms. The maximum atomic E-state index is 12.3. The van der Waals surface area contributed by atoms with Crippen molar-refractivity contribution in [2.75, 3.05) is 0 Å². The summed E-state index contributed by atoms with van der Waals surface area (Å²) in [5.74, 6) is 0.390. The molecule has 0 saturated heterocycles. The third-order valence-electron chi connectivity index (χ3n) is 4.00. The van der Waals surface area contributed by atoms with Gasteiger partial charge in [-0.25, -0.2) is 5.43 Å². The minimum Gasteiger partial charge on any atom is -0.489 e. The number of furan rings is 1. The summed E-state index contributed by atoms with van der Waals surface area (Å²) in [6, 6.07) is 10.8. The van der Waals surface area contributed by atoms with Gasteiger partial charge in [-0.1, -0.05) is 34.5 Å². The van der Waals surface area contributed by atoms with Crippen molar-refractivity contribution >= 4 is 73.2 Å². The first kappa shape index (κ1) is 21.1. The Morgan fingerprint density at radius 3 is 2.89 bits per heavy atom. The van der Waals surface area contributed by atoms with Crippen molar-refractivity contribution in [3.05, 3.63) is 60.8 Å². The molecule has 0 aliphatic heterocycles. The average Bonchev–Trinajstić information content (AvgIpc) is 3.08. The number of halogens is 3. The van der Waals surface area contributed by atoms with Crippen LogP contribution in [0.3, 0.4) is 0 Å². The first-order valence-corrected chi connectivity index (χ1v) is 10.8. The van der Waals surface area contributed by atoms with Crippen LogP contribution in [0.4, 0.5) is 0 Å². The van der Waals surface area contributed by atoms with Crippen LogP contribution in [-0.4, -0.2) is 18.2 Å². The van der Waals surface area contributed by atoms with Crippen LogP contribution >= 0.6 is 50.1 Å². The Balaban J connectivity index is 1.68. The van der Waals surface area contributed by atoms with E-state index >= 15 is 0 Å². The molecule has 1 amide bonds. The summed E-state index contributed by atoms with van der Waals surface area (Å²) in [4.78, 5) is 12.3. The number of benzene rings is 2. The van der Waals surface area contributed by atoms with Crippen molar-refractivity contribution in [1.82, 2.24) is 5.43 Å². The van der Waals surface area contributed by atoms with Gasteiger partial charge in [-0.05, 0) is 77.9 Å². The number of nitrogens with one attached hydrogen (secondary N) is 1. The fraction of sp³-hybridized carbons (Fsp3) is 0.200. The lowest BCUT2D eigenvalue weighted by Crippen LogP contribution is -2.16. The molecule has 28 heavy (non-hydrogen) atoms. The van der Waals surface area contributed by atoms with Crippen molar-refractivity contribution < 1.29 is 13.9 Å². The zero-order chi connectivity index (χ0) is 20.3. The van der Waals surface area contributed by atoms with Crippen LogP contribution in [0.5, 0.6) is 5.75 Å². The molecule has 1 atom stereocenters. The second-order valence-corrected chi connectivity index (χ2v) is 8.63. The Bertz CT molecular complexity index is 1050. The monoisotopic (exact) mass is 574 g/mol. The number of rotatable bonds is 6. The molecule has 2 aromatic carbocycles. The number of nitrogens with zero attached hydrogens (tertiary/aromatic N) is 1. The van der Waals surface area contributed by atoms with Crippen molar-refractivity contribution in [3.8, 4) is 5.75 Å². The van der Waals surface area contributed by atoms with Crippen molar-refractivity contribution in [2.45, 2.75) is 26.4 Å². The van der Waals surface area contributed by atoms with Gasteiger partial charge in [0.15, 0.2) is 5.76 Å². The third-order valence-corrected chi connectivity index (χ3v) is 5.55. The molecule has 0 radical (unpaired) electrons. The lowest BCUT2D eigenvalue weighted by atomic mass is 10.2. The number of hydrogen-bond acceptors (Lipinski definition) is 4. The van der Waals surface area contributed by atoms with Crippen molar-refractivity contribution in [2.24, 2.45) is 5.10 Å². The third kappa shape index (κ3) is 5.07. The van der Waals surface area contributed by atoms with Crippen LogP contribution in [-0.2, 0) is 0 Å². The number of amides is 1. The zero-order valence-electron chi connectivity index (χ0n) is 15.1. The Morgan fingerprint density at radius 1 is 1.39 bits per heavy atom. The molecule has 0 spiro atoms. The maximum Gasteiger partial charge on any atom is 0.307 e. The summed E-state index contributed by atoms with van der Waals surface area (Å²) in [7, 11) is 0. The van der Waals surface area contributed by atoms with E-state index in [9.17, 15) is 4.79 Å². The number of carbonyl (C=O) groups excluding carboxylic acids is 1. The SMILES string of the molecule is CC[C@H](C)Oc1ccc(/C=N\NC(=O)c2cc3cc(Br)cc(I)c3o2)cc1Cl. The summed E-state index contributed by atoms with van der Waals surface area (Å²) >= 11 is 11.8. The second kappa shape index (κ2) is 9.28. The molecule has 0 aliphatic carbocycles. The van der Waals surface area contributed by atoms with Crippen LogP contribution in [0.2, 0.25) is 5.02 Å². The number of hydrogen-bond donors (Lipinski definition) is 1. The molecule has 8 heteroatoms. The molecule has 1 aromatic heterocycles. The molecule has 0 saturated carbocycles. The minimum atomic E-state index is -0.429. The molecule has 3 rings (SSSR count). The predicted molar refractivity (Wildman–Crippen MR) is 124 cm³/mol. The molecule has 3 aromatic rings. The van der Waals surface area contributed by atoms with E-state index < -0.39 is 5.91 Å². The fourth-order valence-corrected chi connectivity index (χ4v) is 4.30. The summed E-state index contributed by atoms with van der Waals surface area (Å²) in [6.07, 6.45) is 2.49. The lowest BCUT2D eigenvalue weighted by molar-refractivity contribution is 0.0929. The van der Waals surface area contributed by atoms with E-state index in [4.69, 9.17) is 20.8 Å². The van der Waals surface area contributed by atoms with Crippen LogP contribution in [0.25, 0.3) is 11.0 Å². The van der Waals surface area contributed by atoms with Gasteiger partial charge in [0.1, 0.15) is 11.3 Å². The number of ether oxygens (including phenoxy) is 1. The van der Waals surface area contributed by atoms with Crippen molar-refractivity contribution in [3.63, 3.8) is 0 Å². The van der Waals surface area contributed by atoms with E-state index in [0.717, 1.165) is 25.4 Å². The Labute approximate surface area is 189 Å². The number of carbonyl (C=O) groups is 1. The van der Waals surface area contributed by atoms with Gasteiger partial charge in [-0.2, -0.15) is 5.10 Å². The Hall–Kier alpha value is -1.58. The predicted octanol–water partition coefficient (Wildman–Crippen LogP) is 6.39. The highest BCUT2D eigenvalue weighted by Gasteiger charge is 2.14. The molecule has 1 heterocycles. The summed E-state index contributed by atoms with van der Waals surface area (Å²) in [5, 5.41) is 5.32. The highest BCUT2D eigenvalue weighted by atomic mass is 127. The van der Waals surface area contributed by atoms with Crippen LogP contribution < -0.4 is 10.2 Å². The molecule has 146 valence electrons. The van der Waals surface area contributed by atoms with Gasteiger partial charge in [0, 0.05) is 9.86 Å². The standard InChI is InChI=1S/C20H17BrClIN2O3/c1-3-11(2)27-17-5-4-12(6-15(17)22)10-24-25-20(26)18-8-13-7-14(21)9-16(23)19(13)28-18/h4-11H,3H2,1-2H3,(H,25,26)/b24-10-/t11-/m0/s1. The highest BCUT2D eigenvalue weighted by Crippen LogP contribution is 2.29. The minimum absolute atomic E-state index is 0.0869. The highest BCUT2D eigenvalue weighted by molar-refractivity contribution is 14.1. The molecule has 0 aliphatic rings. The summed E-state index contributed by atoms with van der Waals surface area (Å²) in [6.45, 7) is 4.03. The first-order valence-electron chi connectivity index (χ1n) is 8.55. The second-order valence-electron chi connectivity index (χ2n) is 6.14. The quantitative estimate of drug-likeness (QED) is 0.210. The van der Waals surface area contributed by atoms with Gasteiger partial charge in [-0.3, -0.25) is 4.79 Å². The van der Waals surface area contributed by atoms with Gasteiger partial charge < -0.3 is 9.15 Å². The van der Waals surface area contributed by atoms with E-state index in [2.05, 4.69) is 49.0 Å². The topological polar surface area (TPSA) is 63.8 Å². The smallest absolute Gasteiger partial charge is 0.307 e. The summed E-state index contributed by atoms with van der Waals surface area (Å²) in [5.41, 5.74) is 3.87. The van der Waals surface area contributed by atoms with Crippen molar-refractivity contribution in [1.29, 1.82) is 0 Å². The van der Waals surface area contributed by atoms with Gasteiger partial charge in [-0.15, -0.1) is 0 Å². The largest absolute Gasteiger partial charge is 0.489 e. The zero-order valence-corrected chi connectivity index (χ0v) is 19.6. The van der Waals surface area contributed by atoms with Gasteiger partial charge in [0.05, 0.1) is 20.9 Å². The number of hydrazone groups is 1. The van der Waals surface area contributed by atoms with Gasteiger partial charge in [0.25, 0.3) is 0 Å². The van der Waals surface area contributed by atoms with Gasteiger partial charge >= 0.3 is 5.91 Å². The van der Waals surface area contributed by atoms with Crippen LogP contribution in [0, 0.1) is 3.57 Å². The van der Waals surface area contributed by atoms with Gasteiger partial charge in [0.2, 0.25) is 0 Å². The van der Waals surface area contributed by atoms with E-state index in [1.54, 1.807) is 18.2 Å². The molecular formula is C20H17BrClIN2O3. The average molecular weight is 576 g/mol. The molecular weight excluding hydrogens is 558 g/mol. The maximum absolute atomic E-state index is 12.3. The number of fused-ring (bicyclic) bond motifs is 1. The summed E-state index contributed by atoms with van der Waals surface area (Å²) < 4.78 is 13.2. The molecule has 0 fully saturated rings. The molecule has 1 N–H and O–H groups in total. The first-order chi connectivity index (χ1) is 13.4. The van der Waals surface area contributed by atoms with E-state index in [1.165, 1.54) is 6.21 Å². The Morgan fingerprint density at radius 2 is 2.18 bits per heavy atom. The normalized spacial score (nSPS) is 12.5. The van der Waals surface area contributed by atoms with Crippen LogP contribution in [0.1, 0.15) is 36.4 Å².